The molecule has 0 unspecified atom stereocenters. The third kappa shape index (κ3) is 10.2. The van der Waals surface area contributed by atoms with Crippen molar-refractivity contribution in [2.24, 2.45) is 4.99 Å². The molecule has 1 heterocycles. The van der Waals surface area contributed by atoms with Gasteiger partial charge in [-0.15, -0.1) is 24.0 Å². The van der Waals surface area contributed by atoms with Gasteiger partial charge in [0.05, 0.1) is 0 Å². The van der Waals surface area contributed by atoms with E-state index in [1.807, 2.05) is 12.1 Å². The van der Waals surface area contributed by atoms with E-state index in [-0.39, 0.29) is 29.8 Å². The molecule has 1 aromatic carbocycles. The zero-order valence-corrected chi connectivity index (χ0v) is 20.1. The Hall–Kier alpha value is -1.98. The highest BCUT2D eigenvalue weighted by Gasteiger charge is 2.04. The molecule has 7 nitrogen and oxygen atoms in total. The van der Waals surface area contributed by atoms with Crippen LogP contribution in [-0.2, 0) is 11.3 Å². The first kappa shape index (κ1) is 26.1. The number of aliphatic imine (C=N–C) groups is 1. The van der Waals surface area contributed by atoms with Crippen LogP contribution in [0.15, 0.2) is 47.6 Å². The lowest BCUT2D eigenvalue weighted by atomic mass is 10.2. The molecule has 0 saturated carbocycles. The number of benzene rings is 1. The molecule has 9 heteroatoms. The van der Waals surface area contributed by atoms with Crippen molar-refractivity contribution in [1.29, 1.82) is 0 Å². The molecule has 0 aliphatic heterocycles. The van der Waals surface area contributed by atoms with Crippen LogP contribution in [-0.4, -0.2) is 63.3 Å². The summed E-state index contributed by atoms with van der Waals surface area (Å²) in [5.41, 5.74) is 0.997. The lowest BCUT2D eigenvalue weighted by Crippen LogP contribution is -2.40. The molecule has 0 saturated heterocycles. The van der Waals surface area contributed by atoms with Gasteiger partial charge in [-0.1, -0.05) is 0 Å². The first-order chi connectivity index (χ1) is 14.1. The SMILES string of the molecule is CN=C(NCCN(C)CCCOC)NCc1ccnc(Oc2ccc(F)cc2)c1.I. The predicted octanol–water partition coefficient (Wildman–Crippen LogP) is 3.26. The van der Waals surface area contributed by atoms with Gasteiger partial charge in [-0.05, 0) is 49.4 Å². The largest absolute Gasteiger partial charge is 0.439 e. The van der Waals surface area contributed by atoms with Crippen molar-refractivity contribution in [3.8, 4) is 11.6 Å². The first-order valence-electron chi connectivity index (χ1n) is 9.61. The van der Waals surface area contributed by atoms with Crippen molar-refractivity contribution in [2.45, 2.75) is 13.0 Å². The highest BCUT2D eigenvalue weighted by molar-refractivity contribution is 14.0. The maximum absolute atomic E-state index is 13.0. The van der Waals surface area contributed by atoms with E-state index in [9.17, 15) is 4.39 Å². The Bertz CT molecular complexity index is 761. The third-order valence-corrected chi connectivity index (χ3v) is 4.19. The second kappa shape index (κ2) is 14.9. The molecular formula is C21H31FIN5O2. The number of pyridine rings is 1. The van der Waals surface area contributed by atoms with Crippen LogP contribution in [0.25, 0.3) is 0 Å². The minimum Gasteiger partial charge on any atom is -0.439 e. The molecule has 0 radical (unpaired) electrons. The Morgan fingerprint density at radius 3 is 2.63 bits per heavy atom. The van der Waals surface area contributed by atoms with Crippen LogP contribution < -0.4 is 15.4 Å². The summed E-state index contributed by atoms with van der Waals surface area (Å²) in [5, 5.41) is 6.58. The number of methoxy groups -OCH3 is 1. The molecule has 2 rings (SSSR count). The Morgan fingerprint density at radius 2 is 1.93 bits per heavy atom. The molecule has 1 aromatic heterocycles. The minimum atomic E-state index is -0.302. The average Bonchev–Trinajstić information content (AvgIpc) is 2.73. The van der Waals surface area contributed by atoms with E-state index in [0.717, 1.165) is 44.2 Å². The molecule has 0 aliphatic carbocycles. The summed E-state index contributed by atoms with van der Waals surface area (Å²) in [5.74, 6) is 1.42. The monoisotopic (exact) mass is 531 g/mol. The van der Waals surface area contributed by atoms with Crippen molar-refractivity contribution >= 4 is 29.9 Å². The van der Waals surface area contributed by atoms with E-state index >= 15 is 0 Å². The highest BCUT2D eigenvalue weighted by Crippen LogP contribution is 2.20. The predicted molar refractivity (Wildman–Crippen MR) is 128 cm³/mol. The Morgan fingerprint density at radius 1 is 1.17 bits per heavy atom. The van der Waals surface area contributed by atoms with Gasteiger partial charge < -0.3 is 25.0 Å². The normalized spacial score (nSPS) is 11.2. The Balaban J connectivity index is 0.00000450. The summed E-state index contributed by atoms with van der Waals surface area (Å²) in [7, 11) is 5.55. The second-order valence-corrected chi connectivity index (χ2v) is 6.56. The molecule has 166 valence electrons. The number of likely N-dealkylation sites (N-methyl/N-ethyl adjacent to an activating group) is 1. The fourth-order valence-electron chi connectivity index (χ4n) is 2.60. The molecule has 0 spiro atoms. The quantitative estimate of drug-likeness (QED) is 0.201. The summed E-state index contributed by atoms with van der Waals surface area (Å²) in [6.45, 7) is 4.05. The summed E-state index contributed by atoms with van der Waals surface area (Å²) >= 11 is 0. The van der Waals surface area contributed by atoms with Crippen molar-refractivity contribution in [1.82, 2.24) is 20.5 Å². The van der Waals surface area contributed by atoms with E-state index < -0.39 is 0 Å². The summed E-state index contributed by atoms with van der Waals surface area (Å²) in [6.07, 6.45) is 2.70. The van der Waals surface area contributed by atoms with Crippen molar-refractivity contribution in [3.05, 3.63) is 54.0 Å². The minimum absolute atomic E-state index is 0. The first-order valence-corrected chi connectivity index (χ1v) is 9.61. The van der Waals surface area contributed by atoms with Crippen LogP contribution in [0.1, 0.15) is 12.0 Å². The molecule has 0 amide bonds. The van der Waals surface area contributed by atoms with Gasteiger partial charge in [0.15, 0.2) is 5.96 Å². The number of guanidine groups is 1. The lowest BCUT2D eigenvalue weighted by Gasteiger charge is -2.18. The van der Waals surface area contributed by atoms with Crippen LogP contribution in [0.5, 0.6) is 11.6 Å². The Labute approximate surface area is 195 Å². The fraction of sp³-hybridized carbons (Fsp3) is 0.429. The number of nitrogens with zero attached hydrogens (tertiary/aromatic N) is 3. The van der Waals surface area contributed by atoms with Gasteiger partial charge in [0.1, 0.15) is 11.6 Å². The molecule has 0 fully saturated rings. The van der Waals surface area contributed by atoms with Gasteiger partial charge in [-0.2, -0.15) is 0 Å². The molecule has 0 bridgehead atoms. The van der Waals surface area contributed by atoms with Gasteiger partial charge in [-0.25, -0.2) is 9.37 Å². The third-order valence-electron chi connectivity index (χ3n) is 4.19. The maximum atomic E-state index is 13.0. The molecule has 0 atom stereocenters. The van der Waals surface area contributed by atoms with Gasteiger partial charge in [-0.3, -0.25) is 4.99 Å². The Kier molecular flexibility index (Phi) is 13.0. The maximum Gasteiger partial charge on any atom is 0.219 e. The van der Waals surface area contributed by atoms with Gasteiger partial charge >= 0.3 is 0 Å². The van der Waals surface area contributed by atoms with Crippen LogP contribution in [0.3, 0.4) is 0 Å². The highest BCUT2D eigenvalue weighted by atomic mass is 127. The van der Waals surface area contributed by atoms with E-state index in [0.29, 0.717) is 18.2 Å². The van der Waals surface area contributed by atoms with E-state index in [2.05, 4.69) is 32.6 Å². The molecule has 2 N–H and O–H groups in total. The zero-order chi connectivity index (χ0) is 20.9. The second-order valence-electron chi connectivity index (χ2n) is 6.56. The van der Waals surface area contributed by atoms with Gasteiger partial charge in [0.2, 0.25) is 5.88 Å². The molecule has 0 aliphatic rings. The van der Waals surface area contributed by atoms with Crippen molar-refractivity contribution in [3.63, 3.8) is 0 Å². The topological polar surface area (TPSA) is 71.0 Å². The number of nitrogens with one attached hydrogen (secondary N) is 2. The van der Waals surface area contributed by atoms with Crippen LogP contribution in [0, 0.1) is 5.82 Å². The van der Waals surface area contributed by atoms with E-state index in [1.54, 1.807) is 32.5 Å². The molecular weight excluding hydrogens is 500 g/mol. The van der Waals surface area contributed by atoms with Crippen molar-refractivity contribution in [2.75, 3.05) is 47.4 Å². The molecule has 2 aromatic rings. The number of halogens is 2. The number of hydrogen-bond donors (Lipinski definition) is 2. The summed E-state index contributed by atoms with van der Waals surface area (Å²) in [4.78, 5) is 10.7. The van der Waals surface area contributed by atoms with Crippen LogP contribution in [0.2, 0.25) is 0 Å². The van der Waals surface area contributed by atoms with Crippen LogP contribution >= 0.6 is 24.0 Å². The van der Waals surface area contributed by atoms with E-state index in [1.165, 1.54) is 12.1 Å². The van der Waals surface area contributed by atoms with Crippen molar-refractivity contribution < 1.29 is 13.9 Å². The fourth-order valence-corrected chi connectivity index (χ4v) is 2.60. The number of ether oxygens (including phenoxy) is 2. The van der Waals surface area contributed by atoms with E-state index in [4.69, 9.17) is 9.47 Å². The molecule has 30 heavy (non-hydrogen) atoms. The summed E-state index contributed by atoms with van der Waals surface area (Å²) in [6, 6.07) is 9.59. The number of rotatable bonds is 11. The zero-order valence-electron chi connectivity index (χ0n) is 17.7. The van der Waals surface area contributed by atoms with Gasteiger partial charge in [0.25, 0.3) is 0 Å². The number of hydrogen-bond acceptors (Lipinski definition) is 5. The van der Waals surface area contributed by atoms with Gasteiger partial charge in [0, 0.05) is 59.2 Å². The van der Waals surface area contributed by atoms with Crippen LogP contribution in [0.4, 0.5) is 4.39 Å². The lowest BCUT2D eigenvalue weighted by molar-refractivity contribution is 0.180. The summed E-state index contributed by atoms with van der Waals surface area (Å²) < 4.78 is 23.7. The number of aromatic nitrogens is 1. The smallest absolute Gasteiger partial charge is 0.219 e. The average molecular weight is 531 g/mol. The standard InChI is InChI=1S/C21H30FN5O2.HI/c1-23-21(25-11-13-27(2)12-4-14-28-3)26-16-17-9-10-24-20(15-17)29-19-7-5-18(22)6-8-19;/h5-10,15H,4,11-14,16H2,1-3H3,(H2,23,25,26);1H.